The zero-order valence-electron chi connectivity index (χ0n) is 16.4. The molecule has 6 nitrogen and oxygen atoms in total. The topological polar surface area (TPSA) is 50.6 Å². The van der Waals surface area contributed by atoms with E-state index in [4.69, 9.17) is 4.74 Å². The van der Waals surface area contributed by atoms with Crippen LogP contribution >= 0.6 is 0 Å². The summed E-state index contributed by atoms with van der Waals surface area (Å²) < 4.78 is 7.42. The predicted octanol–water partition coefficient (Wildman–Crippen LogP) is 2.97. The maximum atomic E-state index is 13.3. The van der Waals surface area contributed by atoms with Crippen LogP contribution in [-0.4, -0.2) is 51.5 Å². The van der Waals surface area contributed by atoms with Gasteiger partial charge in [-0.15, -0.1) is 0 Å². The van der Waals surface area contributed by atoms with Crippen molar-refractivity contribution in [2.45, 2.75) is 25.2 Å². The number of ether oxygens (including phenoxy) is 1. The van der Waals surface area contributed by atoms with Crippen molar-refractivity contribution in [1.82, 2.24) is 19.4 Å². The lowest BCUT2D eigenvalue weighted by Crippen LogP contribution is -2.49. The van der Waals surface area contributed by atoms with Gasteiger partial charge >= 0.3 is 0 Å². The predicted molar refractivity (Wildman–Crippen MR) is 110 cm³/mol. The summed E-state index contributed by atoms with van der Waals surface area (Å²) in [5.41, 5.74) is 2.95. The smallest absolute Gasteiger partial charge is 0.271 e. The first-order valence-electron chi connectivity index (χ1n) is 9.96. The highest BCUT2D eigenvalue weighted by Gasteiger charge is 2.44. The molecule has 1 saturated heterocycles. The second-order valence-corrected chi connectivity index (χ2v) is 7.73. The molecular formula is C23H24N4O2. The Bertz CT molecular complexity index is 999. The number of methoxy groups -OCH3 is 1. The SMILES string of the molecule is COc1ccc(CN2C(=O)c3cccn3C3CN(Cc4ccccn4)CC32)cc1. The number of rotatable bonds is 5. The van der Waals surface area contributed by atoms with Gasteiger partial charge in [0.2, 0.25) is 0 Å². The number of likely N-dealkylation sites (tertiary alicyclic amines) is 1. The fraction of sp³-hybridized carbons (Fsp3) is 0.304. The van der Waals surface area contributed by atoms with Crippen LogP contribution in [-0.2, 0) is 13.1 Å². The molecule has 2 unspecified atom stereocenters. The third-order valence-electron chi connectivity index (χ3n) is 5.97. The van der Waals surface area contributed by atoms with Crippen LogP contribution in [0.25, 0.3) is 0 Å². The van der Waals surface area contributed by atoms with Crippen LogP contribution in [0.3, 0.4) is 0 Å². The third-order valence-corrected chi connectivity index (χ3v) is 5.97. The summed E-state index contributed by atoms with van der Waals surface area (Å²) in [7, 11) is 1.66. The van der Waals surface area contributed by atoms with Gasteiger partial charge in [0.1, 0.15) is 11.4 Å². The number of fused-ring (bicyclic) bond motifs is 3. The third kappa shape index (κ3) is 3.29. The zero-order valence-corrected chi connectivity index (χ0v) is 16.4. The number of hydrogen-bond acceptors (Lipinski definition) is 4. The lowest BCUT2D eigenvalue weighted by Gasteiger charge is -2.38. The number of nitrogens with zero attached hydrogens (tertiary/aromatic N) is 4. The van der Waals surface area contributed by atoms with E-state index in [9.17, 15) is 4.79 Å². The Hall–Kier alpha value is -3.12. The molecule has 1 amide bonds. The summed E-state index contributed by atoms with van der Waals surface area (Å²) in [5, 5.41) is 0. The summed E-state index contributed by atoms with van der Waals surface area (Å²) >= 11 is 0. The molecule has 29 heavy (non-hydrogen) atoms. The number of hydrogen-bond donors (Lipinski definition) is 0. The van der Waals surface area contributed by atoms with Gasteiger partial charge in [-0.1, -0.05) is 18.2 Å². The molecule has 2 aliphatic heterocycles. The van der Waals surface area contributed by atoms with Gasteiger partial charge in [0.25, 0.3) is 5.91 Å². The second kappa shape index (κ2) is 7.37. The van der Waals surface area contributed by atoms with Crippen molar-refractivity contribution in [3.63, 3.8) is 0 Å². The standard InChI is InChI=1S/C23H24N4O2/c1-29-19-9-7-17(8-10-19)13-27-22-16-25(14-18-5-2-3-11-24-18)15-21(22)26-12-4-6-20(26)23(27)28/h2-12,21-22H,13-16H2,1H3. The Morgan fingerprint density at radius 1 is 1.00 bits per heavy atom. The molecule has 0 bridgehead atoms. The Labute approximate surface area is 170 Å². The first kappa shape index (κ1) is 17.9. The highest BCUT2D eigenvalue weighted by atomic mass is 16.5. The zero-order chi connectivity index (χ0) is 19.8. The van der Waals surface area contributed by atoms with Gasteiger partial charge in [-0.05, 0) is 42.0 Å². The van der Waals surface area contributed by atoms with Crippen LogP contribution in [0.4, 0.5) is 0 Å². The minimum absolute atomic E-state index is 0.103. The van der Waals surface area contributed by atoms with E-state index >= 15 is 0 Å². The molecular weight excluding hydrogens is 364 g/mol. The average Bonchev–Trinajstić information content (AvgIpc) is 3.39. The van der Waals surface area contributed by atoms with Crippen molar-refractivity contribution >= 4 is 5.91 Å². The largest absolute Gasteiger partial charge is 0.497 e. The molecule has 0 N–H and O–H groups in total. The quantitative estimate of drug-likeness (QED) is 0.674. The maximum absolute atomic E-state index is 13.3. The summed E-state index contributed by atoms with van der Waals surface area (Å²) in [6.45, 7) is 3.16. The minimum atomic E-state index is 0.103. The first-order valence-corrected chi connectivity index (χ1v) is 9.96. The van der Waals surface area contributed by atoms with Crippen molar-refractivity contribution in [2.24, 2.45) is 0 Å². The van der Waals surface area contributed by atoms with Gasteiger partial charge in [0.15, 0.2) is 0 Å². The average molecular weight is 388 g/mol. The van der Waals surface area contributed by atoms with Crippen LogP contribution in [0.2, 0.25) is 0 Å². The molecule has 0 spiro atoms. The molecule has 1 aromatic carbocycles. The number of benzene rings is 1. The summed E-state index contributed by atoms with van der Waals surface area (Å²) in [6, 6.07) is 18.3. The molecule has 2 aromatic heterocycles. The van der Waals surface area contributed by atoms with Crippen LogP contribution in [0, 0.1) is 0 Å². The number of amides is 1. The fourth-order valence-corrected chi connectivity index (χ4v) is 4.56. The van der Waals surface area contributed by atoms with E-state index in [-0.39, 0.29) is 18.0 Å². The van der Waals surface area contributed by atoms with E-state index in [2.05, 4.69) is 20.5 Å². The molecule has 4 heterocycles. The molecule has 0 saturated carbocycles. The molecule has 3 aromatic rings. The number of carbonyl (C=O) groups excluding carboxylic acids is 1. The number of aromatic nitrogens is 2. The van der Waals surface area contributed by atoms with E-state index in [1.54, 1.807) is 7.11 Å². The van der Waals surface area contributed by atoms with Crippen LogP contribution in [0.1, 0.15) is 27.8 Å². The van der Waals surface area contributed by atoms with Gasteiger partial charge in [-0.3, -0.25) is 14.7 Å². The van der Waals surface area contributed by atoms with E-state index in [0.717, 1.165) is 42.3 Å². The van der Waals surface area contributed by atoms with Crippen LogP contribution in [0.5, 0.6) is 5.75 Å². The molecule has 0 aliphatic carbocycles. The Morgan fingerprint density at radius 2 is 1.83 bits per heavy atom. The lowest BCUT2D eigenvalue weighted by molar-refractivity contribution is 0.0556. The molecule has 6 heteroatoms. The monoisotopic (exact) mass is 388 g/mol. The van der Waals surface area contributed by atoms with E-state index in [1.807, 2.05) is 65.8 Å². The molecule has 2 atom stereocenters. The normalized spacial score (nSPS) is 21.1. The molecule has 2 aliphatic rings. The maximum Gasteiger partial charge on any atom is 0.271 e. The van der Waals surface area contributed by atoms with Crippen molar-refractivity contribution in [1.29, 1.82) is 0 Å². The Balaban J connectivity index is 1.41. The second-order valence-electron chi connectivity index (χ2n) is 7.73. The van der Waals surface area contributed by atoms with E-state index in [1.165, 1.54) is 0 Å². The van der Waals surface area contributed by atoms with E-state index in [0.29, 0.717) is 6.54 Å². The van der Waals surface area contributed by atoms with Gasteiger partial charge < -0.3 is 14.2 Å². The minimum Gasteiger partial charge on any atom is -0.497 e. The Morgan fingerprint density at radius 3 is 2.59 bits per heavy atom. The lowest BCUT2D eigenvalue weighted by atomic mass is 10.0. The molecule has 148 valence electrons. The fourth-order valence-electron chi connectivity index (χ4n) is 4.56. The summed E-state index contributed by atoms with van der Waals surface area (Å²) in [6.07, 6.45) is 3.88. The van der Waals surface area contributed by atoms with Gasteiger partial charge in [-0.25, -0.2) is 0 Å². The summed E-state index contributed by atoms with van der Waals surface area (Å²) in [4.78, 5) is 22.2. The van der Waals surface area contributed by atoms with Crippen molar-refractivity contribution < 1.29 is 9.53 Å². The molecule has 0 radical (unpaired) electrons. The van der Waals surface area contributed by atoms with E-state index < -0.39 is 0 Å². The number of carbonyl (C=O) groups is 1. The van der Waals surface area contributed by atoms with Crippen LogP contribution in [0.15, 0.2) is 67.0 Å². The highest BCUT2D eigenvalue weighted by molar-refractivity contribution is 5.94. The molecule has 5 rings (SSSR count). The van der Waals surface area contributed by atoms with Crippen LogP contribution < -0.4 is 4.74 Å². The molecule has 1 fully saturated rings. The summed E-state index contributed by atoms with van der Waals surface area (Å²) in [5.74, 6) is 0.930. The number of pyridine rings is 1. The highest BCUT2D eigenvalue weighted by Crippen LogP contribution is 2.35. The first-order chi connectivity index (χ1) is 14.2. The van der Waals surface area contributed by atoms with Gasteiger partial charge in [-0.2, -0.15) is 0 Å². The Kier molecular flexibility index (Phi) is 4.56. The van der Waals surface area contributed by atoms with Crippen molar-refractivity contribution in [3.05, 3.63) is 83.9 Å². The van der Waals surface area contributed by atoms with Gasteiger partial charge in [0.05, 0.1) is 24.9 Å². The van der Waals surface area contributed by atoms with Gasteiger partial charge in [0, 0.05) is 38.6 Å². The van der Waals surface area contributed by atoms with Crippen molar-refractivity contribution in [3.8, 4) is 5.75 Å². The van der Waals surface area contributed by atoms with Crippen molar-refractivity contribution in [2.75, 3.05) is 20.2 Å².